The number of rotatable bonds is 5. The van der Waals surface area contributed by atoms with Gasteiger partial charge in [0.1, 0.15) is 5.82 Å². The summed E-state index contributed by atoms with van der Waals surface area (Å²) in [6, 6.07) is 16.3. The summed E-state index contributed by atoms with van der Waals surface area (Å²) in [4.78, 5) is 9.55. The van der Waals surface area contributed by atoms with Gasteiger partial charge >= 0.3 is 0 Å². The SMILES string of the molecule is CNc1cccc(-c2nc3c(c(Nc4ccc(-c5cn[nH]c5)cc4)n2)COC3)c1. The van der Waals surface area contributed by atoms with Crippen molar-refractivity contribution in [3.63, 3.8) is 0 Å². The van der Waals surface area contributed by atoms with Gasteiger partial charge in [0.05, 0.1) is 25.1 Å². The van der Waals surface area contributed by atoms with Crippen LogP contribution >= 0.6 is 0 Å². The number of nitrogens with zero attached hydrogens (tertiary/aromatic N) is 3. The number of ether oxygens (including phenoxy) is 1. The summed E-state index contributed by atoms with van der Waals surface area (Å²) in [5.74, 6) is 1.47. The second-order valence-corrected chi connectivity index (χ2v) is 6.83. The van der Waals surface area contributed by atoms with Crippen LogP contribution in [-0.2, 0) is 18.0 Å². The zero-order valence-electron chi connectivity index (χ0n) is 15.9. The topological polar surface area (TPSA) is 87.8 Å². The van der Waals surface area contributed by atoms with Gasteiger partial charge in [0.2, 0.25) is 0 Å². The monoisotopic (exact) mass is 384 g/mol. The molecule has 2 aromatic heterocycles. The third-order valence-corrected chi connectivity index (χ3v) is 4.97. The van der Waals surface area contributed by atoms with Crippen LogP contribution in [0.3, 0.4) is 0 Å². The van der Waals surface area contributed by atoms with Crippen molar-refractivity contribution in [2.45, 2.75) is 13.2 Å². The molecule has 3 heterocycles. The summed E-state index contributed by atoms with van der Waals surface area (Å²) < 4.78 is 5.63. The zero-order valence-corrected chi connectivity index (χ0v) is 15.9. The maximum atomic E-state index is 5.63. The van der Waals surface area contributed by atoms with Crippen LogP contribution < -0.4 is 10.6 Å². The van der Waals surface area contributed by atoms with Crippen LogP contribution in [-0.4, -0.2) is 27.2 Å². The molecule has 7 nitrogen and oxygen atoms in total. The van der Waals surface area contributed by atoms with E-state index in [2.05, 4.69) is 33.0 Å². The van der Waals surface area contributed by atoms with Crippen LogP contribution in [0.5, 0.6) is 0 Å². The molecule has 0 bridgehead atoms. The summed E-state index contributed by atoms with van der Waals surface area (Å²) in [7, 11) is 1.90. The van der Waals surface area contributed by atoms with Gasteiger partial charge in [0, 0.05) is 41.3 Å². The Bertz CT molecular complexity index is 1140. The van der Waals surface area contributed by atoms with Gasteiger partial charge in [-0.05, 0) is 29.8 Å². The second kappa shape index (κ2) is 7.37. The lowest BCUT2D eigenvalue weighted by atomic mass is 10.1. The van der Waals surface area contributed by atoms with Crippen molar-refractivity contribution < 1.29 is 4.74 Å². The molecular formula is C22H20N6O. The zero-order chi connectivity index (χ0) is 19.6. The highest BCUT2D eigenvalue weighted by atomic mass is 16.5. The number of hydrogen-bond donors (Lipinski definition) is 3. The minimum atomic E-state index is 0.505. The fourth-order valence-corrected chi connectivity index (χ4v) is 3.39. The third-order valence-electron chi connectivity index (χ3n) is 4.97. The molecule has 0 saturated carbocycles. The molecule has 2 aromatic carbocycles. The van der Waals surface area contributed by atoms with Crippen molar-refractivity contribution >= 4 is 17.2 Å². The highest BCUT2D eigenvalue weighted by molar-refractivity contribution is 5.70. The molecule has 0 atom stereocenters. The standard InChI is InChI=1S/C22H20N6O/c1-23-18-4-2-3-15(9-18)21-27-20-13-29-12-19(20)22(28-21)26-17-7-5-14(6-8-17)16-10-24-25-11-16/h2-11,23H,12-13H2,1H3,(H,24,25)(H,26,27,28). The molecule has 7 heteroatoms. The van der Waals surface area contributed by atoms with E-state index in [4.69, 9.17) is 14.7 Å². The van der Waals surface area contributed by atoms with E-state index >= 15 is 0 Å². The molecule has 1 aliphatic heterocycles. The van der Waals surface area contributed by atoms with Gasteiger partial charge in [-0.15, -0.1) is 0 Å². The molecule has 144 valence electrons. The van der Waals surface area contributed by atoms with Crippen LogP contribution in [0.1, 0.15) is 11.3 Å². The average molecular weight is 384 g/mol. The van der Waals surface area contributed by atoms with Crippen LogP contribution in [0.4, 0.5) is 17.2 Å². The number of hydrogen-bond acceptors (Lipinski definition) is 6. The molecule has 0 aliphatic carbocycles. The van der Waals surface area contributed by atoms with Gasteiger partial charge in [-0.3, -0.25) is 5.10 Å². The molecule has 3 N–H and O–H groups in total. The Morgan fingerprint density at radius 2 is 1.83 bits per heavy atom. The van der Waals surface area contributed by atoms with E-state index in [1.54, 1.807) is 0 Å². The lowest BCUT2D eigenvalue weighted by Gasteiger charge is -2.12. The maximum Gasteiger partial charge on any atom is 0.161 e. The highest BCUT2D eigenvalue weighted by Gasteiger charge is 2.21. The summed E-state index contributed by atoms with van der Waals surface area (Å²) >= 11 is 0. The molecule has 4 aromatic rings. The molecule has 0 radical (unpaired) electrons. The molecule has 0 fully saturated rings. The maximum absolute atomic E-state index is 5.63. The Morgan fingerprint density at radius 1 is 0.931 bits per heavy atom. The predicted molar refractivity (Wildman–Crippen MR) is 113 cm³/mol. The highest BCUT2D eigenvalue weighted by Crippen LogP contribution is 2.31. The minimum absolute atomic E-state index is 0.505. The number of H-pyrrole nitrogens is 1. The van der Waals surface area contributed by atoms with Gasteiger partial charge in [0.15, 0.2) is 5.82 Å². The first-order chi connectivity index (χ1) is 14.3. The summed E-state index contributed by atoms with van der Waals surface area (Å²) in [6.45, 7) is 1.02. The normalized spacial score (nSPS) is 12.6. The summed E-state index contributed by atoms with van der Waals surface area (Å²) in [5, 5.41) is 13.4. The Kier molecular flexibility index (Phi) is 4.42. The van der Waals surface area contributed by atoms with E-state index in [9.17, 15) is 0 Å². The van der Waals surface area contributed by atoms with Crippen molar-refractivity contribution in [1.82, 2.24) is 20.2 Å². The number of fused-ring (bicyclic) bond motifs is 1. The van der Waals surface area contributed by atoms with Crippen molar-refractivity contribution in [2.75, 3.05) is 17.7 Å². The van der Waals surface area contributed by atoms with Crippen LogP contribution in [0.2, 0.25) is 0 Å². The average Bonchev–Trinajstić information content (AvgIpc) is 3.46. The minimum Gasteiger partial charge on any atom is -0.388 e. The number of aromatic nitrogens is 4. The van der Waals surface area contributed by atoms with Gasteiger partial charge in [-0.1, -0.05) is 24.3 Å². The first kappa shape index (κ1) is 17.4. The fourth-order valence-electron chi connectivity index (χ4n) is 3.39. The van der Waals surface area contributed by atoms with E-state index in [1.807, 2.05) is 55.8 Å². The first-order valence-corrected chi connectivity index (χ1v) is 9.42. The largest absolute Gasteiger partial charge is 0.388 e. The van der Waals surface area contributed by atoms with E-state index < -0.39 is 0 Å². The van der Waals surface area contributed by atoms with Gasteiger partial charge < -0.3 is 15.4 Å². The van der Waals surface area contributed by atoms with E-state index in [0.29, 0.717) is 19.0 Å². The molecule has 0 amide bonds. The quantitative estimate of drug-likeness (QED) is 0.474. The van der Waals surface area contributed by atoms with Gasteiger partial charge in [0.25, 0.3) is 0 Å². The Hall–Kier alpha value is -3.71. The van der Waals surface area contributed by atoms with Crippen molar-refractivity contribution in [3.8, 4) is 22.5 Å². The number of aromatic amines is 1. The van der Waals surface area contributed by atoms with Gasteiger partial charge in [-0.2, -0.15) is 5.10 Å². The summed E-state index contributed by atoms with van der Waals surface area (Å²) in [5.41, 5.74) is 7.04. The lowest BCUT2D eigenvalue weighted by Crippen LogP contribution is -2.04. The Balaban J connectivity index is 1.49. The van der Waals surface area contributed by atoms with E-state index in [1.165, 1.54) is 0 Å². The van der Waals surface area contributed by atoms with Crippen LogP contribution in [0, 0.1) is 0 Å². The Labute approximate surface area is 168 Å². The third kappa shape index (κ3) is 3.43. The lowest BCUT2D eigenvalue weighted by molar-refractivity contribution is 0.133. The smallest absolute Gasteiger partial charge is 0.161 e. The fraction of sp³-hybridized carbons (Fsp3) is 0.136. The van der Waals surface area contributed by atoms with Crippen LogP contribution in [0.15, 0.2) is 60.9 Å². The molecular weight excluding hydrogens is 364 g/mol. The Morgan fingerprint density at radius 3 is 2.62 bits per heavy atom. The molecule has 29 heavy (non-hydrogen) atoms. The van der Waals surface area contributed by atoms with Crippen molar-refractivity contribution in [2.24, 2.45) is 0 Å². The summed E-state index contributed by atoms with van der Waals surface area (Å²) in [6.07, 6.45) is 3.69. The number of nitrogens with one attached hydrogen (secondary N) is 3. The predicted octanol–water partition coefficient (Wildman–Crippen LogP) is 4.35. The first-order valence-electron chi connectivity index (χ1n) is 9.42. The number of benzene rings is 2. The van der Waals surface area contributed by atoms with Crippen molar-refractivity contribution in [1.29, 1.82) is 0 Å². The molecule has 0 spiro atoms. The second-order valence-electron chi connectivity index (χ2n) is 6.83. The van der Waals surface area contributed by atoms with Crippen molar-refractivity contribution in [3.05, 3.63) is 72.2 Å². The molecule has 5 rings (SSSR count). The number of anilines is 3. The van der Waals surface area contributed by atoms with E-state index in [0.717, 1.165) is 45.1 Å². The molecule has 0 saturated heterocycles. The molecule has 0 unspecified atom stereocenters. The van der Waals surface area contributed by atoms with Crippen LogP contribution in [0.25, 0.3) is 22.5 Å². The van der Waals surface area contributed by atoms with Gasteiger partial charge in [-0.25, -0.2) is 9.97 Å². The van der Waals surface area contributed by atoms with E-state index in [-0.39, 0.29) is 0 Å². The molecule has 1 aliphatic rings.